The molecule has 1 aromatic heterocycles. The summed E-state index contributed by atoms with van der Waals surface area (Å²) in [6, 6.07) is 15.2. The molecule has 3 aromatic rings. The lowest BCUT2D eigenvalue weighted by atomic mass is 10.2. The van der Waals surface area contributed by atoms with E-state index in [4.69, 9.17) is 4.74 Å². The van der Waals surface area contributed by atoms with Crippen LogP contribution in [0.4, 0.5) is 5.13 Å². The number of carbonyl (C=O) groups is 1. The van der Waals surface area contributed by atoms with Crippen LogP contribution >= 0.6 is 11.3 Å². The van der Waals surface area contributed by atoms with Gasteiger partial charge in [-0.25, -0.2) is 4.98 Å². The number of aldehydes is 1. The number of rotatable bonds is 6. The minimum absolute atomic E-state index is 0.562. The van der Waals surface area contributed by atoms with E-state index in [1.165, 1.54) is 4.70 Å². The van der Waals surface area contributed by atoms with Crippen LogP contribution in [0.3, 0.4) is 0 Å². The molecular formula is C17H16N2O2S. The van der Waals surface area contributed by atoms with Crippen LogP contribution in [0.15, 0.2) is 48.5 Å². The van der Waals surface area contributed by atoms with Gasteiger partial charge in [-0.05, 0) is 36.4 Å². The van der Waals surface area contributed by atoms with Gasteiger partial charge in [0.2, 0.25) is 0 Å². The lowest BCUT2D eigenvalue weighted by molar-refractivity contribution is 0.112. The first kappa shape index (κ1) is 14.5. The van der Waals surface area contributed by atoms with E-state index in [2.05, 4.69) is 16.0 Å². The highest BCUT2D eigenvalue weighted by atomic mass is 32.1. The van der Waals surface area contributed by atoms with E-state index in [-0.39, 0.29) is 0 Å². The van der Waals surface area contributed by atoms with Crippen LogP contribution in [0, 0.1) is 0 Å². The van der Waals surface area contributed by atoms with Gasteiger partial charge in [0.25, 0.3) is 0 Å². The molecule has 0 spiro atoms. The normalized spacial score (nSPS) is 10.6. The standard InChI is InChI=1S/C17H16N2O2S/c1-19(17-18-15-4-2-3-5-16(15)22-17)10-11-21-14-8-6-13(12-20)7-9-14/h2-9,12H,10-11H2,1H3. The number of hydrogen-bond donors (Lipinski definition) is 0. The first-order valence-electron chi connectivity index (χ1n) is 7.01. The van der Waals surface area contributed by atoms with E-state index in [0.717, 1.165) is 29.2 Å². The smallest absolute Gasteiger partial charge is 0.186 e. The van der Waals surface area contributed by atoms with Crippen LogP contribution < -0.4 is 9.64 Å². The molecule has 0 fully saturated rings. The van der Waals surface area contributed by atoms with Crippen LogP contribution in [-0.2, 0) is 0 Å². The lowest BCUT2D eigenvalue weighted by Crippen LogP contribution is -2.23. The quantitative estimate of drug-likeness (QED) is 0.652. The number of likely N-dealkylation sites (N-methyl/N-ethyl adjacent to an activating group) is 1. The largest absolute Gasteiger partial charge is 0.492 e. The van der Waals surface area contributed by atoms with Crippen LogP contribution in [0.1, 0.15) is 10.4 Å². The summed E-state index contributed by atoms with van der Waals surface area (Å²) >= 11 is 1.68. The molecule has 0 aliphatic carbocycles. The molecule has 0 bridgehead atoms. The fourth-order valence-corrected chi connectivity index (χ4v) is 3.01. The topological polar surface area (TPSA) is 42.4 Å². The van der Waals surface area contributed by atoms with Crippen molar-refractivity contribution in [3.05, 3.63) is 54.1 Å². The van der Waals surface area contributed by atoms with Crippen LogP contribution in [0.25, 0.3) is 10.2 Å². The second-order valence-electron chi connectivity index (χ2n) is 4.92. The molecule has 112 valence electrons. The average molecular weight is 312 g/mol. The number of fused-ring (bicyclic) bond motifs is 1. The molecule has 0 N–H and O–H groups in total. The van der Waals surface area contributed by atoms with Crippen molar-refractivity contribution in [3.8, 4) is 5.75 Å². The summed E-state index contributed by atoms with van der Waals surface area (Å²) in [5.74, 6) is 0.767. The summed E-state index contributed by atoms with van der Waals surface area (Å²) in [6.45, 7) is 1.31. The van der Waals surface area contributed by atoms with Gasteiger partial charge in [-0.2, -0.15) is 0 Å². The van der Waals surface area contributed by atoms with Gasteiger partial charge >= 0.3 is 0 Å². The maximum atomic E-state index is 10.6. The molecule has 3 rings (SSSR count). The molecular weight excluding hydrogens is 296 g/mol. The van der Waals surface area contributed by atoms with Crippen LogP contribution in [0.2, 0.25) is 0 Å². The number of hydrogen-bond acceptors (Lipinski definition) is 5. The summed E-state index contributed by atoms with van der Waals surface area (Å²) in [5.41, 5.74) is 1.68. The van der Waals surface area contributed by atoms with Gasteiger partial charge in [-0.3, -0.25) is 4.79 Å². The number of nitrogens with zero attached hydrogens (tertiary/aromatic N) is 2. The highest BCUT2D eigenvalue weighted by Gasteiger charge is 2.08. The number of anilines is 1. The Morgan fingerprint density at radius 3 is 2.68 bits per heavy atom. The van der Waals surface area contributed by atoms with Crippen molar-refractivity contribution in [1.82, 2.24) is 4.98 Å². The second-order valence-corrected chi connectivity index (χ2v) is 5.93. The average Bonchev–Trinajstić information content (AvgIpc) is 2.99. The monoisotopic (exact) mass is 312 g/mol. The van der Waals surface area contributed by atoms with Gasteiger partial charge in [0.05, 0.1) is 16.8 Å². The molecule has 0 amide bonds. The Labute approximate surface area is 133 Å². The zero-order valence-electron chi connectivity index (χ0n) is 12.2. The molecule has 0 unspecified atom stereocenters. The van der Waals surface area contributed by atoms with Crippen molar-refractivity contribution < 1.29 is 9.53 Å². The SMILES string of the molecule is CN(CCOc1ccc(C=O)cc1)c1nc2ccccc2s1. The maximum absolute atomic E-state index is 10.6. The number of para-hydroxylation sites is 1. The third-order valence-corrected chi connectivity index (χ3v) is 4.47. The Morgan fingerprint density at radius 1 is 1.18 bits per heavy atom. The van der Waals surface area contributed by atoms with E-state index < -0.39 is 0 Å². The predicted molar refractivity (Wildman–Crippen MR) is 90.2 cm³/mol. The first-order chi connectivity index (χ1) is 10.8. The third-order valence-electron chi connectivity index (χ3n) is 3.32. The van der Waals surface area contributed by atoms with Gasteiger partial charge < -0.3 is 9.64 Å². The highest BCUT2D eigenvalue weighted by molar-refractivity contribution is 7.22. The summed E-state index contributed by atoms with van der Waals surface area (Å²) in [5, 5.41) is 0.987. The summed E-state index contributed by atoms with van der Waals surface area (Å²) < 4.78 is 6.88. The van der Waals surface area contributed by atoms with Crippen molar-refractivity contribution in [2.75, 3.05) is 25.1 Å². The number of benzene rings is 2. The van der Waals surface area contributed by atoms with E-state index in [9.17, 15) is 4.79 Å². The predicted octanol–water partition coefficient (Wildman–Crippen LogP) is 3.62. The van der Waals surface area contributed by atoms with Crippen molar-refractivity contribution in [3.63, 3.8) is 0 Å². The van der Waals surface area contributed by atoms with Gasteiger partial charge in [-0.15, -0.1) is 0 Å². The third kappa shape index (κ3) is 3.26. The fraction of sp³-hybridized carbons (Fsp3) is 0.176. The van der Waals surface area contributed by atoms with E-state index in [0.29, 0.717) is 12.2 Å². The molecule has 0 saturated heterocycles. The molecule has 0 saturated carbocycles. The Hall–Kier alpha value is -2.40. The van der Waals surface area contributed by atoms with Gasteiger partial charge in [0, 0.05) is 12.6 Å². The summed E-state index contributed by atoms with van der Waals surface area (Å²) in [6.07, 6.45) is 0.824. The van der Waals surface area contributed by atoms with Gasteiger partial charge in [-0.1, -0.05) is 23.5 Å². The minimum Gasteiger partial charge on any atom is -0.492 e. The maximum Gasteiger partial charge on any atom is 0.186 e. The van der Waals surface area contributed by atoms with Crippen molar-refractivity contribution in [2.24, 2.45) is 0 Å². The van der Waals surface area contributed by atoms with E-state index in [1.807, 2.05) is 25.2 Å². The molecule has 0 aliphatic rings. The Bertz CT molecular complexity index is 735. The molecule has 22 heavy (non-hydrogen) atoms. The molecule has 5 heteroatoms. The molecule has 2 aromatic carbocycles. The highest BCUT2D eigenvalue weighted by Crippen LogP contribution is 2.27. The number of carbonyl (C=O) groups excluding carboxylic acids is 1. The zero-order chi connectivity index (χ0) is 15.4. The van der Waals surface area contributed by atoms with E-state index in [1.54, 1.807) is 35.6 Å². The fourth-order valence-electron chi connectivity index (χ4n) is 2.06. The molecule has 4 nitrogen and oxygen atoms in total. The number of aromatic nitrogens is 1. The second kappa shape index (κ2) is 6.58. The van der Waals surface area contributed by atoms with E-state index >= 15 is 0 Å². The van der Waals surface area contributed by atoms with Crippen LogP contribution in [-0.4, -0.2) is 31.5 Å². The van der Waals surface area contributed by atoms with Crippen molar-refractivity contribution in [2.45, 2.75) is 0 Å². The van der Waals surface area contributed by atoms with Crippen LogP contribution in [0.5, 0.6) is 5.75 Å². The molecule has 1 heterocycles. The van der Waals surface area contributed by atoms with Gasteiger partial charge in [0.1, 0.15) is 18.6 Å². The minimum atomic E-state index is 0.562. The zero-order valence-corrected chi connectivity index (χ0v) is 13.0. The lowest BCUT2D eigenvalue weighted by Gasteiger charge is -2.15. The summed E-state index contributed by atoms with van der Waals surface area (Å²) in [7, 11) is 2.01. The number of ether oxygens (including phenoxy) is 1. The number of thiazole rings is 1. The molecule has 0 aliphatic heterocycles. The Balaban J connectivity index is 1.57. The Morgan fingerprint density at radius 2 is 1.95 bits per heavy atom. The Kier molecular flexibility index (Phi) is 4.34. The summed E-state index contributed by atoms with van der Waals surface area (Å²) in [4.78, 5) is 17.3. The molecule has 0 radical (unpaired) electrons. The first-order valence-corrected chi connectivity index (χ1v) is 7.82. The van der Waals surface area contributed by atoms with Gasteiger partial charge in [0.15, 0.2) is 5.13 Å². The molecule has 0 atom stereocenters. The van der Waals surface area contributed by atoms with Crippen molar-refractivity contribution in [1.29, 1.82) is 0 Å². The van der Waals surface area contributed by atoms with Crippen molar-refractivity contribution >= 4 is 33.0 Å².